The predicted molar refractivity (Wildman–Crippen MR) is 106 cm³/mol. The van der Waals surface area contributed by atoms with Crippen LogP contribution in [-0.4, -0.2) is 40.8 Å². The van der Waals surface area contributed by atoms with E-state index in [1.165, 1.54) is 14.1 Å². The molecule has 0 aliphatic heterocycles. The number of nitrogens with zero attached hydrogens (tertiary/aromatic N) is 5. The fourth-order valence-corrected chi connectivity index (χ4v) is 3.55. The summed E-state index contributed by atoms with van der Waals surface area (Å²) in [7, 11) is 2.70. The van der Waals surface area contributed by atoms with Crippen LogP contribution in [0.15, 0.2) is 39.0 Å². The van der Waals surface area contributed by atoms with Crippen molar-refractivity contribution in [1.82, 2.24) is 29.3 Å². The molecule has 11 heteroatoms. The van der Waals surface area contributed by atoms with Crippen molar-refractivity contribution in [1.29, 1.82) is 0 Å². The summed E-state index contributed by atoms with van der Waals surface area (Å²) in [5.41, 5.74) is 6.35. The monoisotopic (exact) mass is 397 g/mol. The molecular formula is C17H15N7O3S. The first-order chi connectivity index (χ1) is 13.4. The molecule has 4 aromatic rings. The van der Waals surface area contributed by atoms with Crippen LogP contribution in [0.4, 0.5) is 5.82 Å². The van der Waals surface area contributed by atoms with E-state index >= 15 is 0 Å². The molecule has 0 saturated carbocycles. The van der Waals surface area contributed by atoms with Gasteiger partial charge in [-0.15, -0.1) is 10.2 Å². The van der Waals surface area contributed by atoms with E-state index in [0.717, 1.165) is 31.8 Å². The fourth-order valence-electron chi connectivity index (χ4n) is 2.89. The van der Waals surface area contributed by atoms with Crippen LogP contribution >= 0.6 is 11.8 Å². The Morgan fingerprint density at radius 3 is 2.71 bits per heavy atom. The molecule has 3 aromatic heterocycles. The zero-order chi connectivity index (χ0) is 20.0. The molecular weight excluding hydrogens is 382 g/mol. The van der Waals surface area contributed by atoms with Crippen molar-refractivity contribution in [2.75, 3.05) is 11.5 Å². The number of benzene rings is 1. The highest BCUT2D eigenvalue weighted by atomic mass is 32.2. The van der Waals surface area contributed by atoms with Crippen molar-refractivity contribution in [3.8, 4) is 0 Å². The largest absolute Gasteiger partial charge is 0.384 e. The Balaban J connectivity index is 1.63. The van der Waals surface area contributed by atoms with Crippen molar-refractivity contribution in [3.63, 3.8) is 0 Å². The van der Waals surface area contributed by atoms with E-state index in [2.05, 4.69) is 20.2 Å². The number of para-hydroxylation sites is 1. The molecule has 0 fully saturated rings. The van der Waals surface area contributed by atoms with E-state index in [-0.39, 0.29) is 22.3 Å². The zero-order valence-electron chi connectivity index (χ0n) is 15.0. The van der Waals surface area contributed by atoms with Gasteiger partial charge in [0.1, 0.15) is 16.9 Å². The van der Waals surface area contributed by atoms with E-state index in [1.807, 2.05) is 24.3 Å². The number of aromatic nitrogens is 6. The number of nitrogens with one attached hydrogen (secondary N) is 1. The molecule has 0 aliphatic rings. The number of hydrogen-bond acceptors (Lipinski definition) is 8. The standard InChI is InChI=1S/C17H15N7O3S/c1-23-13(18)11(15(26)24(2)17(23)27)10(25)7-28-16-20-14-12(21-22-16)8-5-3-4-6-9(8)19-14/h3-6H,7,18H2,1-2H3,(H,19,20,22). The second-order valence-corrected chi connectivity index (χ2v) is 7.08. The normalized spacial score (nSPS) is 11.4. The Kier molecular flexibility index (Phi) is 4.23. The first kappa shape index (κ1) is 17.9. The molecule has 4 rings (SSSR count). The van der Waals surface area contributed by atoms with Crippen molar-refractivity contribution >= 4 is 45.4 Å². The molecule has 0 unspecified atom stereocenters. The number of fused-ring (bicyclic) bond motifs is 3. The number of carbonyl (C=O) groups is 1. The summed E-state index contributed by atoms with van der Waals surface area (Å²) in [4.78, 5) is 44.2. The molecule has 0 spiro atoms. The number of H-pyrrole nitrogens is 1. The van der Waals surface area contributed by atoms with E-state index < -0.39 is 17.0 Å². The number of nitrogens with two attached hydrogens (primary N) is 1. The van der Waals surface area contributed by atoms with Crippen LogP contribution in [0.1, 0.15) is 10.4 Å². The maximum absolute atomic E-state index is 12.6. The van der Waals surface area contributed by atoms with Crippen LogP contribution in [0, 0.1) is 0 Å². The molecule has 3 heterocycles. The lowest BCUT2D eigenvalue weighted by Crippen LogP contribution is -2.41. The first-order valence-electron chi connectivity index (χ1n) is 8.21. The third-order valence-electron chi connectivity index (χ3n) is 4.42. The SMILES string of the molecule is Cn1c(N)c(C(=O)CSc2nnc3c(n2)[nH]c2ccccc23)c(=O)n(C)c1=O. The van der Waals surface area contributed by atoms with E-state index in [0.29, 0.717) is 11.2 Å². The topological polar surface area (TPSA) is 142 Å². The number of Topliss-reactive ketones (excluding diaryl/α,β-unsaturated/α-hetero) is 1. The third-order valence-corrected chi connectivity index (χ3v) is 5.26. The Hall–Kier alpha value is -3.47. The van der Waals surface area contributed by atoms with Crippen molar-refractivity contribution in [3.05, 3.63) is 50.7 Å². The molecule has 28 heavy (non-hydrogen) atoms. The van der Waals surface area contributed by atoms with Crippen LogP contribution in [-0.2, 0) is 14.1 Å². The lowest BCUT2D eigenvalue weighted by atomic mass is 10.2. The molecule has 10 nitrogen and oxygen atoms in total. The van der Waals surface area contributed by atoms with Gasteiger partial charge < -0.3 is 10.7 Å². The summed E-state index contributed by atoms with van der Waals surface area (Å²) < 4.78 is 1.91. The molecule has 0 amide bonds. The van der Waals surface area contributed by atoms with Gasteiger partial charge in [-0.1, -0.05) is 30.0 Å². The number of aromatic amines is 1. The Morgan fingerprint density at radius 1 is 1.18 bits per heavy atom. The molecule has 142 valence electrons. The minimum Gasteiger partial charge on any atom is -0.384 e. The van der Waals surface area contributed by atoms with Gasteiger partial charge in [0, 0.05) is 25.0 Å². The van der Waals surface area contributed by atoms with Gasteiger partial charge >= 0.3 is 5.69 Å². The minimum absolute atomic E-state index is 0.120. The van der Waals surface area contributed by atoms with Gasteiger partial charge in [-0.25, -0.2) is 9.78 Å². The number of thioether (sulfide) groups is 1. The summed E-state index contributed by atoms with van der Waals surface area (Å²) in [6, 6.07) is 7.63. The maximum atomic E-state index is 12.6. The summed E-state index contributed by atoms with van der Waals surface area (Å²) >= 11 is 1.04. The quantitative estimate of drug-likeness (QED) is 0.374. The van der Waals surface area contributed by atoms with Crippen LogP contribution in [0.2, 0.25) is 0 Å². The van der Waals surface area contributed by atoms with E-state index in [9.17, 15) is 14.4 Å². The average molecular weight is 397 g/mol. The van der Waals surface area contributed by atoms with Gasteiger partial charge in [0.2, 0.25) is 5.16 Å². The van der Waals surface area contributed by atoms with Crippen molar-refractivity contribution in [2.24, 2.45) is 14.1 Å². The first-order valence-corrected chi connectivity index (χ1v) is 9.19. The number of ketones is 1. The number of carbonyl (C=O) groups excluding carboxylic acids is 1. The molecule has 3 N–H and O–H groups in total. The Morgan fingerprint density at radius 2 is 1.93 bits per heavy atom. The van der Waals surface area contributed by atoms with Gasteiger partial charge in [0.15, 0.2) is 11.4 Å². The minimum atomic E-state index is -0.726. The molecule has 1 aromatic carbocycles. The predicted octanol–water partition coefficient (Wildman–Crippen LogP) is 0.461. The molecule has 0 radical (unpaired) electrons. The molecule has 0 aliphatic carbocycles. The van der Waals surface area contributed by atoms with Crippen LogP contribution in [0.25, 0.3) is 22.1 Å². The number of nitrogen functional groups attached to an aromatic ring is 1. The Labute approximate surface area is 161 Å². The van der Waals surface area contributed by atoms with Gasteiger partial charge in [-0.2, -0.15) is 0 Å². The maximum Gasteiger partial charge on any atom is 0.332 e. The van der Waals surface area contributed by atoms with Gasteiger partial charge in [-0.3, -0.25) is 18.7 Å². The number of anilines is 1. The molecule has 0 saturated heterocycles. The fraction of sp³-hybridized carbons (Fsp3) is 0.176. The summed E-state index contributed by atoms with van der Waals surface area (Å²) in [5, 5.41) is 9.43. The highest BCUT2D eigenvalue weighted by Crippen LogP contribution is 2.23. The van der Waals surface area contributed by atoms with Crippen LogP contribution in [0.5, 0.6) is 0 Å². The molecule has 0 atom stereocenters. The Bertz CT molecular complexity index is 1370. The second-order valence-electron chi connectivity index (χ2n) is 6.14. The summed E-state index contributed by atoms with van der Waals surface area (Å²) in [6.07, 6.45) is 0. The zero-order valence-corrected chi connectivity index (χ0v) is 15.8. The lowest BCUT2D eigenvalue weighted by molar-refractivity contribution is 0.102. The summed E-state index contributed by atoms with van der Waals surface area (Å²) in [6.45, 7) is 0. The highest BCUT2D eigenvalue weighted by molar-refractivity contribution is 7.99. The van der Waals surface area contributed by atoms with E-state index in [1.54, 1.807) is 0 Å². The van der Waals surface area contributed by atoms with Crippen LogP contribution in [0.3, 0.4) is 0 Å². The molecule has 0 bridgehead atoms. The number of hydrogen-bond donors (Lipinski definition) is 2. The highest BCUT2D eigenvalue weighted by Gasteiger charge is 2.21. The number of rotatable bonds is 4. The smallest absolute Gasteiger partial charge is 0.332 e. The van der Waals surface area contributed by atoms with Crippen molar-refractivity contribution in [2.45, 2.75) is 5.16 Å². The average Bonchev–Trinajstić information content (AvgIpc) is 3.07. The van der Waals surface area contributed by atoms with E-state index in [4.69, 9.17) is 5.73 Å². The van der Waals surface area contributed by atoms with Crippen molar-refractivity contribution < 1.29 is 4.79 Å². The van der Waals surface area contributed by atoms with Crippen LogP contribution < -0.4 is 17.0 Å². The summed E-state index contributed by atoms with van der Waals surface area (Å²) in [5.74, 6) is -0.798. The van der Waals surface area contributed by atoms with Gasteiger partial charge in [-0.05, 0) is 6.07 Å². The van der Waals surface area contributed by atoms with Gasteiger partial charge in [0.05, 0.1) is 5.75 Å². The lowest BCUT2D eigenvalue weighted by Gasteiger charge is -2.10. The third kappa shape index (κ3) is 2.76. The van der Waals surface area contributed by atoms with Gasteiger partial charge in [0.25, 0.3) is 5.56 Å². The second kappa shape index (κ2) is 6.60.